The summed E-state index contributed by atoms with van der Waals surface area (Å²) in [5, 5.41) is 2.86. The van der Waals surface area contributed by atoms with Gasteiger partial charge in [0.25, 0.3) is 5.91 Å². The molecule has 6 nitrogen and oxygen atoms in total. The van der Waals surface area contributed by atoms with E-state index in [2.05, 4.69) is 5.32 Å². The number of carbonyl (C=O) groups is 3. The van der Waals surface area contributed by atoms with E-state index in [1.165, 1.54) is 4.90 Å². The topological polar surface area (TPSA) is 69.7 Å². The van der Waals surface area contributed by atoms with E-state index in [1.54, 1.807) is 0 Å². The quantitative estimate of drug-likeness (QED) is 0.854. The van der Waals surface area contributed by atoms with Crippen molar-refractivity contribution in [3.05, 3.63) is 35.9 Å². The Hall–Kier alpha value is -2.37. The molecular weight excluding hydrogens is 318 g/mol. The van der Waals surface area contributed by atoms with Crippen LogP contribution < -0.4 is 5.32 Å². The van der Waals surface area contributed by atoms with Gasteiger partial charge in [0.05, 0.1) is 6.04 Å². The van der Waals surface area contributed by atoms with Gasteiger partial charge >= 0.3 is 6.03 Å². The first-order valence-electron chi connectivity index (χ1n) is 9.09. The minimum Gasteiger partial charge on any atom is -0.335 e. The summed E-state index contributed by atoms with van der Waals surface area (Å²) in [5.74, 6) is -0.140. The van der Waals surface area contributed by atoms with Crippen LogP contribution in [0.2, 0.25) is 0 Å². The first-order chi connectivity index (χ1) is 12.1. The van der Waals surface area contributed by atoms with E-state index in [4.69, 9.17) is 0 Å². The van der Waals surface area contributed by atoms with Gasteiger partial charge in [-0.25, -0.2) is 4.79 Å². The highest BCUT2D eigenvalue weighted by molar-refractivity contribution is 6.07. The highest BCUT2D eigenvalue weighted by atomic mass is 16.2. The van der Waals surface area contributed by atoms with Gasteiger partial charge < -0.3 is 10.2 Å². The zero-order chi connectivity index (χ0) is 17.4. The van der Waals surface area contributed by atoms with Crippen LogP contribution in [0.3, 0.4) is 0 Å². The molecule has 2 aliphatic heterocycles. The van der Waals surface area contributed by atoms with Gasteiger partial charge in [-0.2, -0.15) is 0 Å². The number of carbonyl (C=O) groups excluding carboxylic acids is 3. The SMILES string of the molecule is O=C1NC2(CCCC2)C(=O)N1CCC(=O)N1CC[C@H]1c1ccccc1. The Morgan fingerprint density at radius 1 is 1.16 bits per heavy atom. The van der Waals surface area contributed by atoms with Crippen molar-refractivity contribution in [2.24, 2.45) is 0 Å². The standard InChI is InChI=1S/C19H23N3O3/c23-16(21-12-8-15(21)14-6-2-1-3-7-14)9-13-22-17(24)19(20-18(22)25)10-4-5-11-19/h1-3,6-7,15H,4-5,8-13H2,(H,20,25)/t15-/m0/s1. The lowest BCUT2D eigenvalue weighted by Gasteiger charge is -2.41. The van der Waals surface area contributed by atoms with Crippen molar-refractivity contribution in [1.82, 2.24) is 15.1 Å². The van der Waals surface area contributed by atoms with Gasteiger partial charge in [-0.1, -0.05) is 43.2 Å². The predicted molar refractivity (Wildman–Crippen MR) is 91.6 cm³/mol. The molecule has 4 amide bonds. The molecule has 3 aliphatic rings. The lowest BCUT2D eigenvalue weighted by atomic mass is 9.94. The van der Waals surface area contributed by atoms with Crippen LogP contribution in [0.1, 0.15) is 50.1 Å². The maximum absolute atomic E-state index is 12.6. The van der Waals surface area contributed by atoms with Crippen molar-refractivity contribution >= 4 is 17.8 Å². The van der Waals surface area contributed by atoms with Crippen LogP contribution in [0.25, 0.3) is 0 Å². The number of urea groups is 1. The maximum Gasteiger partial charge on any atom is 0.325 e. The molecule has 3 fully saturated rings. The van der Waals surface area contributed by atoms with E-state index in [0.29, 0.717) is 12.8 Å². The molecule has 2 saturated heterocycles. The van der Waals surface area contributed by atoms with Crippen molar-refractivity contribution < 1.29 is 14.4 Å². The van der Waals surface area contributed by atoms with Crippen LogP contribution in [0.15, 0.2) is 30.3 Å². The first-order valence-corrected chi connectivity index (χ1v) is 9.09. The second-order valence-electron chi connectivity index (χ2n) is 7.23. The molecule has 0 unspecified atom stereocenters. The van der Waals surface area contributed by atoms with Gasteiger partial charge in [-0.3, -0.25) is 14.5 Å². The summed E-state index contributed by atoms with van der Waals surface area (Å²) in [6.45, 7) is 0.908. The molecule has 1 aliphatic carbocycles. The van der Waals surface area contributed by atoms with E-state index < -0.39 is 5.54 Å². The largest absolute Gasteiger partial charge is 0.335 e. The summed E-state index contributed by atoms with van der Waals surface area (Å²) in [5.41, 5.74) is 0.450. The van der Waals surface area contributed by atoms with Crippen LogP contribution in [-0.2, 0) is 9.59 Å². The van der Waals surface area contributed by atoms with E-state index in [1.807, 2.05) is 35.2 Å². The number of hydrogen-bond acceptors (Lipinski definition) is 3. The molecule has 132 valence electrons. The van der Waals surface area contributed by atoms with Crippen molar-refractivity contribution in [2.45, 2.75) is 50.1 Å². The molecule has 1 N–H and O–H groups in total. The zero-order valence-corrected chi connectivity index (χ0v) is 14.2. The fourth-order valence-electron chi connectivity index (χ4n) is 4.26. The molecule has 0 radical (unpaired) electrons. The Bertz CT molecular complexity index is 697. The van der Waals surface area contributed by atoms with E-state index in [0.717, 1.165) is 31.4 Å². The molecule has 25 heavy (non-hydrogen) atoms. The van der Waals surface area contributed by atoms with Crippen LogP contribution in [0, 0.1) is 0 Å². The third-order valence-corrected chi connectivity index (χ3v) is 5.78. The minimum atomic E-state index is -0.691. The highest BCUT2D eigenvalue weighted by Crippen LogP contribution is 2.36. The molecule has 1 aromatic carbocycles. The molecule has 1 spiro atoms. The first kappa shape index (κ1) is 16.1. The normalized spacial score (nSPS) is 24.6. The predicted octanol–water partition coefficient (Wildman–Crippen LogP) is 2.21. The fraction of sp³-hybridized carbons (Fsp3) is 0.526. The Kier molecular flexibility index (Phi) is 3.98. The molecular formula is C19H23N3O3. The van der Waals surface area contributed by atoms with E-state index in [-0.39, 0.29) is 36.9 Å². The lowest BCUT2D eigenvalue weighted by Crippen LogP contribution is -2.47. The smallest absolute Gasteiger partial charge is 0.325 e. The number of hydrogen-bond donors (Lipinski definition) is 1. The Morgan fingerprint density at radius 2 is 1.88 bits per heavy atom. The molecule has 4 rings (SSSR count). The zero-order valence-electron chi connectivity index (χ0n) is 14.2. The van der Waals surface area contributed by atoms with Crippen LogP contribution >= 0.6 is 0 Å². The molecule has 0 bridgehead atoms. The van der Waals surface area contributed by atoms with Gasteiger partial charge in [0.2, 0.25) is 5.91 Å². The van der Waals surface area contributed by atoms with Crippen LogP contribution in [0.4, 0.5) is 4.79 Å². The van der Waals surface area contributed by atoms with Crippen molar-refractivity contribution in [1.29, 1.82) is 0 Å². The molecule has 1 atom stereocenters. The number of imide groups is 1. The van der Waals surface area contributed by atoms with Crippen molar-refractivity contribution in [3.8, 4) is 0 Å². The summed E-state index contributed by atoms with van der Waals surface area (Å²) < 4.78 is 0. The van der Waals surface area contributed by atoms with E-state index >= 15 is 0 Å². The van der Waals surface area contributed by atoms with E-state index in [9.17, 15) is 14.4 Å². The number of rotatable bonds is 4. The molecule has 0 aromatic heterocycles. The van der Waals surface area contributed by atoms with Gasteiger partial charge in [-0.05, 0) is 24.8 Å². The number of benzene rings is 1. The summed E-state index contributed by atoms with van der Waals surface area (Å²) in [7, 11) is 0. The van der Waals surface area contributed by atoms with Gasteiger partial charge in [0.15, 0.2) is 0 Å². The molecule has 1 saturated carbocycles. The number of likely N-dealkylation sites (tertiary alicyclic amines) is 1. The Balaban J connectivity index is 1.36. The second kappa shape index (κ2) is 6.17. The molecule has 1 aromatic rings. The Labute approximate surface area is 147 Å². The number of amides is 4. The summed E-state index contributed by atoms with van der Waals surface area (Å²) >= 11 is 0. The monoisotopic (exact) mass is 341 g/mol. The van der Waals surface area contributed by atoms with Crippen molar-refractivity contribution in [3.63, 3.8) is 0 Å². The lowest BCUT2D eigenvalue weighted by molar-refractivity contribution is -0.140. The average molecular weight is 341 g/mol. The van der Waals surface area contributed by atoms with Crippen LogP contribution in [0.5, 0.6) is 0 Å². The summed E-state index contributed by atoms with van der Waals surface area (Å²) in [6.07, 6.45) is 4.51. The van der Waals surface area contributed by atoms with Crippen molar-refractivity contribution in [2.75, 3.05) is 13.1 Å². The third kappa shape index (κ3) is 2.69. The minimum absolute atomic E-state index is 0.00748. The fourth-order valence-corrected chi connectivity index (χ4v) is 4.26. The average Bonchev–Trinajstić information content (AvgIpc) is 3.12. The summed E-state index contributed by atoms with van der Waals surface area (Å²) in [6, 6.07) is 9.76. The summed E-state index contributed by atoms with van der Waals surface area (Å²) in [4.78, 5) is 40.4. The van der Waals surface area contributed by atoms with Gasteiger partial charge in [-0.15, -0.1) is 0 Å². The highest BCUT2D eigenvalue weighted by Gasteiger charge is 2.52. The van der Waals surface area contributed by atoms with Gasteiger partial charge in [0.1, 0.15) is 5.54 Å². The number of nitrogens with zero attached hydrogens (tertiary/aromatic N) is 2. The molecule has 6 heteroatoms. The second-order valence-corrected chi connectivity index (χ2v) is 7.23. The van der Waals surface area contributed by atoms with Crippen LogP contribution in [-0.4, -0.2) is 46.3 Å². The maximum atomic E-state index is 12.6. The molecule has 2 heterocycles. The van der Waals surface area contributed by atoms with Gasteiger partial charge in [0, 0.05) is 19.5 Å². The number of nitrogens with one attached hydrogen (secondary N) is 1. The third-order valence-electron chi connectivity index (χ3n) is 5.78. The Morgan fingerprint density at radius 3 is 2.52 bits per heavy atom.